The Morgan fingerprint density at radius 3 is 2.72 bits per heavy atom. The van der Waals surface area contributed by atoms with Crippen LogP contribution >= 0.6 is 0 Å². The number of carbonyl (C=O) groups is 1. The highest BCUT2D eigenvalue weighted by atomic mass is 16.6. The van der Waals surface area contributed by atoms with Gasteiger partial charge in [0.15, 0.2) is 5.69 Å². The molecule has 2 aromatic carbocycles. The predicted molar refractivity (Wildman–Crippen MR) is 91.2 cm³/mol. The van der Waals surface area contributed by atoms with Crippen LogP contribution in [0.1, 0.15) is 16.1 Å². The van der Waals surface area contributed by atoms with Crippen LogP contribution in [-0.2, 0) is 6.42 Å². The Morgan fingerprint density at radius 2 is 2.04 bits per heavy atom. The first-order chi connectivity index (χ1) is 12.1. The van der Waals surface area contributed by atoms with E-state index in [4.69, 9.17) is 0 Å². The molecule has 8 heteroatoms. The van der Waals surface area contributed by atoms with Crippen molar-refractivity contribution in [2.45, 2.75) is 12.5 Å². The number of aromatic nitrogens is 2. The summed E-state index contributed by atoms with van der Waals surface area (Å²) in [4.78, 5) is 22.9. The molecule has 1 atom stereocenters. The fraction of sp³-hybridized carbons (Fsp3) is 0.176. The van der Waals surface area contributed by atoms with Crippen molar-refractivity contribution in [3.8, 4) is 0 Å². The molecule has 0 aliphatic heterocycles. The number of nitrogens with zero attached hydrogens (tertiary/aromatic N) is 2. The first-order valence-corrected chi connectivity index (χ1v) is 7.66. The molecule has 8 nitrogen and oxygen atoms in total. The third-order valence-electron chi connectivity index (χ3n) is 3.85. The van der Waals surface area contributed by atoms with Crippen LogP contribution < -0.4 is 5.32 Å². The molecule has 0 saturated heterocycles. The van der Waals surface area contributed by atoms with Crippen molar-refractivity contribution in [3.63, 3.8) is 0 Å². The van der Waals surface area contributed by atoms with Crippen molar-refractivity contribution in [2.24, 2.45) is 0 Å². The lowest BCUT2D eigenvalue weighted by Gasteiger charge is -2.15. The van der Waals surface area contributed by atoms with Crippen molar-refractivity contribution in [3.05, 3.63) is 69.9 Å². The standard InChI is InChI=1S/C17H16N4O4/c22-10-12(8-11-4-2-1-3-5-11)18-17(23)16-14-9-13(21(24)25)6-7-15(14)19-20-16/h1-7,9,12,22H,8,10H2,(H,18,23)(H,19,20). The van der Waals surface area contributed by atoms with Crippen molar-refractivity contribution in [1.82, 2.24) is 15.5 Å². The minimum atomic E-state index is -0.528. The molecular formula is C17H16N4O4. The van der Waals surface area contributed by atoms with Gasteiger partial charge in [-0.25, -0.2) is 0 Å². The molecule has 3 N–H and O–H groups in total. The number of hydrogen-bond acceptors (Lipinski definition) is 5. The van der Waals surface area contributed by atoms with Gasteiger partial charge in [-0.3, -0.25) is 20.0 Å². The average Bonchev–Trinajstić information content (AvgIpc) is 3.05. The summed E-state index contributed by atoms with van der Waals surface area (Å²) in [5, 5.41) is 30.2. The molecule has 0 spiro atoms. The molecule has 0 saturated carbocycles. The largest absolute Gasteiger partial charge is 0.394 e. The number of benzene rings is 2. The number of aliphatic hydroxyl groups excluding tert-OH is 1. The van der Waals surface area contributed by atoms with Gasteiger partial charge < -0.3 is 10.4 Å². The quantitative estimate of drug-likeness (QED) is 0.467. The van der Waals surface area contributed by atoms with Crippen LogP contribution in [0.5, 0.6) is 0 Å². The lowest BCUT2D eigenvalue weighted by atomic mass is 10.1. The van der Waals surface area contributed by atoms with E-state index in [1.54, 1.807) is 0 Å². The first kappa shape index (κ1) is 16.6. The van der Waals surface area contributed by atoms with Gasteiger partial charge in [-0.15, -0.1) is 0 Å². The van der Waals surface area contributed by atoms with E-state index in [1.165, 1.54) is 18.2 Å². The Morgan fingerprint density at radius 1 is 1.28 bits per heavy atom. The normalized spacial score (nSPS) is 12.0. The second-order valence-electron chi connectivity index (χ2n) is 5.60. The third-order valence-corrected chi connectivity index (χ3v) is 3.85. The number of fused-ring (bicyclic) bond motifs is 1. The number of nitrogens with one attached hydrogen (secondary N) is 2. The Labute approximate surface area is 142 Å². The van der Waals surface area contributed by atoms with Crippen molar-refractivity contribution in [1.29, 1.82) is 0 Å². The van der Waals surface area contributed by atoms with Crippen LogP contribution in [-0.4, -0.2) is 38.8 Å². The molecule has 0 aliphatic carbocycles. The molecule has 128 valence electrons. The van der Waals surface area contributed by atoms with Gasteiger partial charge in [0.2, 0.25) is 0 Å². The summed E-state index contributed by atoms with van der Waals surface area (Å²) < 4.78 is 0. The summed E-state index contributed by atoms with van der Waals surface area (Å²) >= 11 is 0. The van der Waals surface area contributed by atoms with Gasteiger partial charge in [0.25, 0.3) is 11.6 Å². The summed E-state index contributed by atoms with van der Waals surface area (Å²) in [5.41, 5.74) is 1.44. The highest BCUT2D eigenvalue weighted by Crippen LogP contribution is 2.22. The molecule has 1 heterocycles. The van der Waals surface area contributed by atoms with E-state index in [0.29, 0.717) is 17.3 Å². The lowest BCUT2D eigenvalue weighted by Crippen LogP contribution is -2.39. The zero-order chi connectivity index (χ0) is 17.8. The smallest absolute Gasteiger partial charge is 0.272 e. The number of rotatable bonds is 6. The number of nitro benzene ring substituents is 1. The fourth-order valence-corrected chi connectivity index (χ4v) is 2.60. The lowest BCUT2D eigenvalue weighted by molar-refractivity contribution is -0.384. The number of aliphatic hydroxyl groups is 1. The van der Waals surface area contributed by atoms with Gasteiger partial charge >= 0.3 is 0 Å². The van der Waals surface area contributed by atoms with Crippen LogP contribution in [0, 0.1) is 10.1 Å². The Balaban J connectivity index is 1.81. The fourth-order valence-electron chi connectivity index (χ4n) is 2.60. The van der Waals surface area contributed by atoms with E-state index in [0.717, 1.165) is 5.56 Å². The van der Waals surface area contributed by atoms with E-state index in [1.807, 2.05) is 30.3 Å². The van der Waals surface area contributed by atoms with Gasteiger partial charge in [0.05, 0.1) is 23.1 Å². The monoisotopic (exact) mass is 340 g/mol. The van der Waals surface area contributed by atoms with Gasteiger partial charge in [0.1, 0.15) is 0 Å². The number of amides is 1. The summed E-state index contributed by atoms with van der Waals surface area (Å²) in [6, 6.07) is 13.1. The highest BCUT2D eigenvalue weighted by Gasteiger charge is 2.20. The zero-order valence-electron chi connectivity index (χ0n) is 13.2. The Bertz CT molecular complexity index is 907. The van der Waals surface area contributed by atoms with Crippen LogP contribution in [0.15, 0.2) is 48.5 Å². The third kappa shape index (κ3) is 3.64. The minimum absolute atomic E-state index is 0.0604. The van der Waals surface area contributed by atoms with E-state index in [2.05, 4.69) is 15.5 Å². The number of carbonyl (C=O) groups excluding carboxylic acids is 1. The summed E-state index contributed by atoms with van der Waals surface area (Å²) in [6.07, 6.45) is 0.464. The Hall–Kier alpha value is -3.26. The van der Waals surface area contributed by atoms with Gasteiger partial charge in [0, 0.05) is 17.5 Å². The molecule has 0 aliphatic rings. The average molecular weight is 340 g/mol. The van der Waals surface area contributed by atoms with Gasteiger partial charge in [-0.2, -0.15) is 5.10 Å². The summed E-state index contributed by atoms with van der Waals surface area (Å²) in [7, 11) is 0. The van der Waals surface area contributed by atoms with Crippen molar-refractivity contribution in [2.75, 3.05) is 6.61 Å². The van der Waals surface area contributed by atoms with E-state index in [-0.39, 0.29) is 18.0 Å². The molecule has 1 aromatic heterocycles. The molecule has 1 amide bonds. The second kappa shape index (κ2) is 7.10. The van der Waals surface area contributed by atoms with E-state index >= 15 is 0 Å². The van der Waals surface area contributed by atoms with E-state index in [9.17, 15) is 20.0 Å². The molecule has 1 unspecified atom stereocenters. The van der Waals surface area contributed by atoms with Gasteiger partial charge in [-0.05, 0) is 18.1 Å². The Kier molecular flexibility index (Phi) is 4.71. The molecule has 25 heavy (non-hydrogen) atoms. The first-order valence-electron chi connectivity index (χ1n) is 7.66. The van der Waals surface area contributed by atoms with Crippen LogP contribution in [0.2, 0.25) is 0 Å². The number of aromatic amines is 1. The number of non-ortho nitro benzene ring substituents is 1. The van der Waals surface area contributed by atoms with Crippen molar-refractivity contribution >= 4 is 22.5 Å². The maximum Gasteiger partial charge on any atom is 0.272 e. The van der Waals surface area contributed by atoms with Crippen LogP contribution in [0.4, 0.5) is 5.69 Å². The second-order valence-corrected chi connectivity index (χ2v) is 5.60. The van der Waals surface area contributed by atoms with Gasteiger partial charge in [-0.1, -0.05) is 30.3 Å². The topological polar surface area (TPSA) is 121 Å². The molecule has 0 bridgehead atoms. The maximum absolute atomic E-state index is 12.5. The predicted octanol–water partition coefficient (Wildman–Crippen LogP) is 1.80. The van der Waals surface area contributed by atoms with E-state index < -0.39 is 16.9 Å². The molecule has 3 rings (SSSR count). The number of nitro groups is 1. The minimum Gasteiger partial charge on any atom is -0.394 e. The molecule has 0 fully saturated rings. The SMILES string of the molecule is O=C(NC(CO)Cc1ccccc1)c1n[nH]c2ccc([N+](=O)[O-])cc12. The molecule has 0 radical (unpaired) electrons. The van der Waals surface area contributed by atoms with Crippen molar-refractivity contribution < 1.29 is 14.8 Å². The maximum atomic E-state index is 12.5. The summed E-state index contributed by atoms with van der Waals surface area (Å²) in [6.45, 7) is -0.233. The highest BCUT2D eigenvalue weighted by molar-refractivity contribution is 6.05. The molecular weight excluding hydrogens is 324 g/mol. The molecule has 3 aromatic rings. The van der Waals surface area contributed by atoms with Crippen LogP contribution in [0.25, 0.3) is 10.9 Å². The van der Waals surface area contributed by atoms with Crippen LogP contribution in [0.3, 0.4) is 0 Å². The number of H-pyrrole nitrogens is 1. The zero-order valence-corrected chi connectivity index (χ0v) is 13.2. The summed E-state index contributed by atoms with van der Waals surface area (Å²) in [5.74, 6) is -0.498. The number of hydrogen-bond donors (Lipinski definition) is 3.